The number of hydrogen-bond acceptors (Lipinski definition) is 2. The standard InChI is InChI=1S/C23H40N2O/c1-3-4-5-6-7-8-9-10-11-12-13-14-15-16-20-23(26)22-19-17-18-21-25(22)24-2/h17-19,21H,3-16,20H2,1-2H3/p+1. The van der Waals surface area contributed by atoms with Gasteiger partial charge in [0.05, 0.1) is 7.05 Å². The number of pyridine rings is 1. The molecule has 0 aliphatic heterocycles. The Bertz CT molecular complexity index is 473. The van der Waals surface area contributed by atoms with Crippen LogP contribution >= 0.6 is 0 Å². The number of hydrogen-bond donors (Lipinski definition) is 1. The maximum atomic E-state index is 12.3. The number of carbonyl (C=O) groups is 1. The number of ketones is 1. The molecule has 1 aromatic heterocycles. The fourth-order valence-electron chi connectivity index (χ4n) is 3.47. The Morgan fingerprint density at radius 3 is 1.81 bits per heavy atom. The zero-order valence-electron chi connectivity index (χ0n) is 17.3. The van der Waals surface area contributed by atoms with E-state index < -0.39 is 0 Å². The minimum Gasteiger partial charge on any atom is -0.287 e. The van der Waals surface area contributed by atoms with E-state index in [0.717, 1.165) is 12.1 Å². The summed E-state index contributed by atoms with van der Waals surface area (Å²) in [4.78, 5) is 12.3. The molecule has 0 saturated heterocycles. The number of Topliss-reactive ketones (excluding diaryl/α,β-unsaturated/α-hetero) is 1. The molecule has 3 nitrogen and oxygen atoms in total. The van der Waals surface area contributed by atoms with E-state index in [4.69, 9.17) is 0 Å². The normalized spacial score (nSPS) is 10.8. The quantitative estimate of drug-likeness (QED) is 0.203. The number of nitrogens with one attached hydrogen (secondary N) is 1. The Hall–Kier alpha value is -1.38. The van der Waals surface area contributed by atoms with Crippen LogP contribution in [0, 0.1) is 0 Å². The van der Waals surface area contributed by atoms with Crippen molar-refractivity contribution >= 4 is 5.78 Å². The molecular weight excluding hydrogens is 320 g/mol. The molecule has 0 aliphatic carbocycles. The summed E-state index contributed by atoms with van der Waals surface area (Å²) < 4.78 is 1.80. The van der Waals surface area contributed by atoms with Crippen LogP contribution in [0.2, 0.25) is 0 Å². The third-order valence-corrected chi connectivity index (χ3v) is 5.14. The highest BCUT2D eigenvalue weighted by molar-refractivity contribution is 5.92. The molecule has 0 saturated carbocycles. The molecule has 0 aliphatic rings. The number of nitrogens with zero attached hydrogens (tertiary/aromatic N) is 1. The van der Waals surface area contributed by atoms with Gasteiger partial charge in [-0.2, -0.15) is 5.43 Å². The summed E-state index contributed by atoms with van der Waals surface area (Å²) in [6.07, 6.45) is 21.4. The number of carbonyl (C=O) groups excluding carboxylic acids is 1. The molecule has 0 amide bonds. The van der Waals surface area contributed by atoms with Crippen molar-refractivity contribution in [2.45, 2.75) is 103 Å². The van der Waals surface area contributed by atoms with Crippen molar-refractivity contribution in [3.05, 3.63) is 30.1 Å². The predicted octanol–water partition coefficient (Wildman–Crippen LogP) is 6.20. The Morgan fingerprint density at radius 1 is 0.808 bits per heavy atom. The molecule has 1 rings (SSSR count). The van der Waals surface area contributed by atoms with Crippen molar-refractivity contribution in [3.63, 3.8) is 0 Å². The number of rotatable bonds is 17. The average molecular weight is 362 g/mol. The zero-order chi connectivity index (χ0) is 18.9. The van der Waals surface area contributed by atoms with Crippen LogP contribution in [-0.2, 0) is 0 Å². The van der Waals surface area contributed by atoms with E-state index in [1.807, 2.05) is 31.4 Å². The van der Waals surface area contributed by atoms with Crippen LogP contribution in [-0.4, -0.2) is 12.8 Å². The number of aromatic nitrogens is 1. The molecule has 0 fully saturated rings. The van der Waals surface area contributed by atoms with Gasteiger partial charge in [0.15, 0.2) is 6.20 Å². The molecule has 26 heavy (non-hydrogen) atoms. The van der Waals surface area contributed by atoms with Crippen molar-refractivity contribution in [2.24, 2.45) is 0 Å². The van der Waals surface area contributed by atoms with Crippen LogP contribution in [0.1, 0.15) is 114 Å². The number of unbranched alkanes of at least 4 members (excludes halogenated alkanes) is 13. The van der Waals surface area contributed by atoms with Crippen LogP contribution in [0.15, 0.2) is 24.4 Å². The summed E-state index contributed by atoms with van der Waals surface area (Å²) in [6, 6.07) is 5.74. The summed E-state index contributed by atoms with van der Waals surface area (Å²) in [5.41, 5.74) is 3.78. The Labute approximate surface area is 161 Å². The highest BCUT2D eigenvalue weighted by Crippen LogP contribution is 2.13. The highest BCUT2D eigenvalue weighted by Gasteiger charge is 2.17. The molecule has 3 heteroatoms. The lowest BCUT2D eigenvalue weighted by Gasteiger charge is -2.03. The van der Waals surface area contributed by atoms with E-state index in [1.54, 1.807) is 4.68 Å². The zero-order valence-corrected chi connectivity index (χ0v) is 17.3. The van der Waals surface area contributed by atoms with E-state index >= 15 is 0 Å². The van der Waals surface area contributed by atoms with Gasteiger partial charge in [0, 0.05) is 18.6 Å². The van der Waals surface area contributed by atoms with Crippen LogP contribution < -0.4 is 10.1 Å². The first-order valence-electron chi connectivity index (χ1n) is 11.0. The smallest absolute Gasteiger partial charge is 0.277 e. The van der Waals surface area contributed by atoms with Gasteiger partial charge in [-0.1, -0.05) is 95.1 Å². The Kier molecular flexibility index (Phi) is 13.8. The van der Waals surface area contributed by atoms with E-state index in [2.05, 4.69) is 12.3 Å². The van der Waals surface area contributed by atoms with Crippen LogP contribution in [0.3, 0.4) is 0 Å². The molecule has 0 unspecified atom stereocenters. The van der Waals surface area contributed by atoms with Gasteiger partial charge in [-0.25, -0.2) is 0 Å². The van der Waals surface area contributed by atoms with E-state index in [1.165, 1.54) is 83.5 Å². The van der Waals surface area contributed by atoms with Crippen LogP contribution in [0.5, 0.6) is 0 Å². The minimum absolute atomic E-state index is 0.235. The first kappa shape index (κ1) is 22.7. The molecular formula is C23H41N2O+. The first-order chi connectivity index (χ1) is 12.8. The Balaban J connectivity index is 1.91. The molecule has 0 aromatic carbocycles. The summed E-state index contributed by atoms with van der Waals surface area (Å²) in [6.45, 7) is 2.28. The van der Waals surface area contributed by atoms with Crippen LogP contribution in [0.4, 0.5) is 0 Å². The molecule has 148 valence electrons. The summed E-state index contributed by atoms with van der Waals surface area (Å²) >= 11 is 0. The minimum atomic E-state index is 0.235. The molecule has 1 aromatic rings. The SMILES string of the molecule is CCCCCCCCCCCCCCCCC(=O)c1cccc[n+]1NC. The van der Waals surface area contributed by atoms with Crippen LogP contribution in [0.25, 0.3) is 0 Å². The highest BCUT2D eigenvalue weighted by atomic mass is 16.1. The molecule has 0 atom stereocenters. The average Bonchev–Trinajstić information content (AvgIpc) is 2.68. The van der Waals surface area contributed by atoms with Gasteiger partial charge in [0.2, 0.25) is 5.78 Å². The second-order valence-corrected chi connectivity index (χ2v) is 7.45. The second-order valence-electron chi connectivity index (χ2n) is 7.45. The van der Waals surface area contributed by atoms with Crippen molar-refractivity contribution in [1.29, 1.82) is 0 Å². The van der Waals surface area contributed by atoms with Gasteiger partial charge < -0.3 is 0 Å². The predicted molar refractivity (Wildman–Crippen MR) is 111 cm³/mol. The largest absolute Gasteiger partial charge is 0.287 e. The fourth-order valence-corrected chi connectivity index (χ4v) is 3.47. The van der Waals surface area contributed by atoms with Crippen molar-refractivity contribution in [1.82, 2.24) is 0 Å². The molecule has 0 spiro atoms. The first-order valence-corrected chi connectivity index (χ1v) is 11.0. The Morgan fingerprint density at radius 2 is 1.31 bits per heavy atom. The molecule has 0 radical (unpaired) electrons. The van der Waals surface area contributed by atoms with Gasteiger partial charge in [-0.05, 0) is 12.5 Å². The van der Waals surface area contributed by atoms with Crippen molar-refractivity contribution in [3.8, 4) is 0 Å². The lowest BCUT2D eigenvalue weighted by atomic mass is 10.0. The topological polar surface area (TPSA) is 33.0 Å². The molecule has 1 N–H and O–H groups in total. The molecule has 0 bridgehead atoms. The van der Waals surface area contributed by atoms with E-state index in [-0.39, 0.29) is 5.78 Å². The summed E-state index contributed by atoms with van der Waals surface area (Å²) in [5.74, 6) is 0.235. The van der Waals surface area contributed by atoms with Crippen molar-refractivity contribution < 1.29 is 9.47 Å². The van der Waals surface area contributed by atoms with E-state index in [9.17, 15) is 4.79 Å². The van der Waals surface area contributed by atoms with Gasteiger partial charge in [0.1, 0.15) is 0 Å². The summed E-state index contributed by atoms with van der Waals surface area (Å²) in [7, 11) is 1.84. The maximum Gasteiger partial charge on any atom is 0.277 e. The lowest BCUT2D eigenvalue weighted by Crippen LogP contribution is -2.47. The van der Waals surface area contributed by atoms with Gasteiger partial charge in [-0.3, -0.25) is 4.79 Å². The fraction of sp³-hybridized carbons (Fsp3) is 0.739. The second kappa shape index (κ2) is 15.8. The van der Waals surface area contributed by atoms with Gasteiger partial charge in [0.25, 0.3) is 5.69 Å². The van der Waals surface area contributed by atoms with Gasteiger partial charge >= 0.3 is 0 Å². The summed E-state index contributed by atoms with van der Waals surface area (Å²) in [5, 5.41) is 0. The lowest BCUT2D eigenvalue weighted by molar-refractivity contribution is -0.649. The third-order valence-electron chi connectivity index (χ3n) is 5.14. The van der Waals surface area contributed by atoms with Gasteiger partial charge in [-0.15, -0.1) is 0 Å². The maximum absolute atomic E-state index is 12.3. The third kappa shape index (κ3) is 10.6. The van der Waals surface area contributed by atoms with Crippen molar-refractivity contribution in [2.75, 3.05) is 12.5 Å². The molecule has 1 heterocycles. The monoisotopic (exact) mass is 361 g/mol. The van der Waals surface area contributed by atoms with E-state index in [0.29, 0.717) is 6.42 Å².